The molecule has 1 fully saturated rings. The summed E-state index contributed by atoms with van der Waals surface area (Å²) in [5.74, 6) is 1.17. The van der Waals surface area contributed by atoms with E-state index in [0.717, 1.165) is 25.4 Å². The van der Waals surface area contributed by atoms with Gasteiger partial charge in [-0.1, -0.05) is 26.7 Å². The maximum atomic E-state index is 13.9. The van der Waals surface area contributed by atoms with Crippen molar-refractivity contribution in [1.29, 1.82) is 0 Å². The van der Waals surface area contributed by atoms with Crippen molar-refractivity contribution in [3.8, 4) is 0 Å². The van der Waals surface area contributed by atoms with Crippen molar-refractivity contribution in [1.82, 2.24) is 5.32 Å². The minimum absolute atomic E-state index is 0.266. The minimum Gasteiger partial charge on any atom is -0.317 e. The molecule has 1 aliphatic carbocycles. The number of hydrogen-bond donors (Lipinski definition) is 1. The number of rotatable bonds is 6. The lowest BCUT2D eigenvalue weighted by atomic mass is 9.71. The molecule has 21 heavy (non-hydrogen) atoms. The highest BCUT2D eigenvalue weighted by Gasteiger charge is 2.30. The molecule has 1 saturated carbocycles. The van der Waals surface area contributed by atoms with Crippen LogP contribution in [0.1, 0.15) is 45.1 Å². The zero-order valence-electron chi connectivity index (χ0n) is 13.2. The van der Waals surface area contributed by atoms with Gasteiger partial charge in [-0.15, -0.1) is 0 Å². The van der Waals surface area contributed by atoms with Crippen LogP contribution in [-0.4, -0.2) is 13.1 Å². The normalized spacial score (nSPS) is 26.0. The van der Waals surface area contributed by atoms with Crippen molar-refractivity contribution < 1.29 is 8.78 Å². The van der Waals surface area contributed by atoms with Gasteiger partial charge in [0.05, 0.1) is 0 Å². The highest BCUT2D eigenvalue weighted by molar-refractivity contribution is 5.19. The van der Waals surface area contributed by atoms with Crippen LogP contribution in [-0.2, 0) is 6.42 Å². The monoisotopic (exact) mass is 295 g/mol. The molecule has 0 saturated heterocycles. The fourth-order valence-corrected chi connectivity index (χ4v) is 3.63. The number of hydrogen-bond acceptors (Lipinski definition) is 1. The van der Waals surface area contributed by atoms with Crippen molar-refractivity contribution in [3.05, 3.63) is 35.4 Å². The SMILES string of the molecule is CCNCC1CCC(CC)CC1Cc1cc(F)ccc1F. The molecule has 3 heteroatoms. The number of nitrogens with one attached hydrogen (secondary N) is 1. The Balaban J connectivity index is 2.09. The second-order valence-corrected chi connectivity index (χ2v) is 6.36. The van der Waals surface area contributed by atoms with Gasteiger partial charge in [0.1, 0.15) is 11.6 Å². The Hall–Kier alpha value is -0.960. The standard InChI is InChI=1S/C18H27F2N/c1-3-13-5-6-14(12-21-4-2)15(9-13)10-16-11-17(19)7-8-18(16)20/h7-8,11,13-15,21H,3-6,9-10,12H2,1-2H3. The molecule has 0 heterocycles. The molecule has 1 aromatic carbocycles. The zero-order chi connectivity index (χ0) is 15.2. The van der Waals surface area contributed by atoms with Gasteiger partial charge in [0, 0.05) is 0 Å². The van der Waals surface area contributed by atoms with Gasteiger partial charge >= 0.3 is 0 Å². The third-order valence-corrected chi connectivity index (χ3v) is 4.97. The quantitative estimate of drug-likeness (QED) is 0.811. The van der Waals surface area contributed by atoms with Crippen molar-refractivity contribution in [2.75, 3.05) is 13.1 Å². The van der Waals surface area contributed by atoms with Crippen LogP contribution in [0.3, 0.4) is 0 Å². The lowest BCUT2D eigenvalue weighted by molar-refractivity contribution is 0.171. The van der Waals surface area contributed by atoms with E-state index in [1.807, 2.05) is 0 Å². The molecule has 1 N–H and O–H groups in total. The summed E-state index contributed by atoms with van der Waals surface area (Å²) in [6.07, 6.45) is 5.47. The number of benzene rings is 1. The third-order valence-electron chi connectivity index (χ3n) is 4.97. The van der Waals surface area contributed by atoms with E-state index in [-0.39, 0.29) is 11.6 Å². The largest absolute Gasteiger partial charge is 0.317 e. The first-order valence-corrected chi connectivity index (χ1v) is 8.28. The fourth-order valence-electron chi connectivity index (χ4n) is 3.63. The van der Waals surface area contributed by atoms with E-state index in [0.29, 0.717) is 23.8 Å². The van der Waals surface area contributed by atoms with Crippen LogP contribution in [0.2, 0.25) is 0 Å². The maximum absolute atomic E-state index is 13.9. The molecule has 0 amide bonds. The first kappa shape index (κ1) is 16.4. The van der Waals surface area contributed by atoms with Gasteiger partial charge in [0.25, 0.3) is 0 Å². The Morgan fingerprint density at radius 1 is 1.14 bits per heavy atom. The average molecular weight is 295 g/mol. The summed E-state index contributed by atoms with van der Waals surface area (Å²) >= 11 is 0. The predicted molar refractivity (Wildman–Crippen MR) is 83.2 cm³/mol. The maximum Gasteiger partial charge on any atom is 0.126 e. The molecule has 3 unspecified atom stereocenters. The lowest BCUT2D eigenvalue weighted by Gasteiger charge is -2.36. The molecule has 0 aliphatic heterocycles. The van der Waals surface area contributed by atoms with Crippen LogP contribution >= 0.6 is 0 Å². The van der Waals surface area contributed by atoms with Crippen LogP contribution in [0.5, 0.6) is 0 Å². The van der Waals surface area contributed by atoms with E-state index in [9.17, 15) is 8.78 Å². The first-order chi connectivity index (χ1) is 10.1. The van der Waals surface area contributed by atoms with Crippen LogP contribution in [0.25, 0.3) is 0 Å². The second-order valence-electron chi connectivity index (χ2n) is 6.36. The smallest absolute Gasteiger partial charge is 0.126 e. The van der Waals surface area contributed by atoms with Crippen molar-refractivity contribution >= 4 is 0 Å². The van der Waals surface area contributed by atoms with E-state index in [2.05, 4.69) is 19.2 Å². The molecule has 0 radical (unpaired) electrons. The Morgan fingerprint density at radius 3 is 2.67 bits per heavy atom. The Bertz CT molecular complexity index is 447. The molecular formula is C18H27F2N. The molecule has 2 rings (SSSR count). The van der Waals surface area contributed by atoms with Crippen LogP contribution in [0, 0.1) is 29.4 Å². The lowest BCUT2D eigenvalue weighted by Crippen LogP contribution is -2.34. The van der Waals surface area contributed by atoms with E-state index in [4.69, 9.17) is 0 Å². The molecular weight excluding hydrogens is 268 g/mol. The van der Waals surface area contributed by atoms with Gasteiger partial charge in [-0.3, -0.25) is 0 Å². The summed E-state index contributed by atoms with van der Waals surface area (Å²) < 4.78 is 27.3. The van der Waals surface area contributed by atoms with Crippen LogP contribution in [0.4, 0.5) is 8.78 Å². The first-order valence-electron chi connectivity index (χ1n) is 8.28. The van der Waals surface area contributed by atoms with Crippen LogP contribution < -0.4 is 5.32 Å². The molecule has 118 valence electrons. The van der Waals surface area contributed by atoms with Gasteiger partial charge in [-0.05, 0) is 73.9 Å². The van der Waals surface area contributed by atoms with E-state index in [1.165, 1.54) is 37.5 Å². The van der Waals surface area contributed by atoms with Crippen molar-refractivity contribution in [2.45, 2.75) is 46.0 Å². The molecule has 0 aromatic heterocycles. The van der Waals surface area contributed by atoms with Gasteiger partial charge < -0.3 is 5.32 Å². The Kier molecular flexibility index (Phi) is 6.16. The van der Waals surface area contributed by atoms with Gasteiger partial charge in [-0.2, -0.15) is 0 Å². The average Bonchev–Trinajstić information content (AvgIpc) is 2.49. The highest BCUT2D eigenvalue weighted by atomic mass is 19.1. The molecule has 1 aliphatic rings. The number of halogens is 2. The zero-order valence-corrected chi connectivity index (χ0v) is 13.2. The molecule has 0 bridgehead atoms. The van der Waals surface area contributed by atoms with Gasteiger partial charge in [-0.25, -0.2) is 8.78 Å². The van der Waals surface area contributed by atoms with Crippen LogP contribution in [0.15, 0.2) is 18.2 Å². The van der Waals surface area contributed by atoms with E-state index >= 15 is 0 Å². The molecule has 1 nitrogen and oxygen atoms in total. The molecule has 0 spiro atoms. The third kappa shape index (κ3) is 4.50. The molecule has 3 atom stereocenters. The van der Waals surface area contributed by atoms with Crippen molar-refractivity contribution in [2.24, 2.45) is 17.8 Å². The summed E-state index contributed by atoms with van der Waals surface area (Å²) in [7, 11) is 0. The fraction of sp³-hybridized carbons (Fsp3) is 0.667. The second kappa shape index (κ2) is 7.88. The van der Waals surface area contributed by atoms with Crippen molar-refractivity contribution in [3.63, 3.8) is 0 Å². The minimum atomic E-state index is -0.336. The topological polar surface area (TPSA) is 12.0 Å². The van der Waals surface area contributed by atoms with E-state index in [1.54, 1.807) is 0 Å². The van der Waals surface area contributed by atoms with E-state index < -0.39 is 0 Å². The van der Waals surface area contributed by atoms with Gasteiger partial charge in [0.2, 0.25) is 0 Å². The molecule has 1 aromatic rings. The summed E-state index contributed by atoms with van der Waals surface area (Å²) in [5, 5.41) is 3.42. The Morgan fingerprint density at radius 2 is 1.95 bits per heavy atom. The summed E-state index contributed by atoms with van der Waals surface area (Å²) in [6, 6.07) is 3.82. The summed E-state index contributed by atoms with van der Waals surface area (Å²) in [5.41, 5.74) is 0.540. The highest BCUT2D eigenvalue weighted by Crippen LogP contribution is 2.37. The summed E-state index contributed by atoms with van der Waals surface area (Å²) in [6.45, 7) is 6.30. The summed E-state index contributed by atoms with van der Waals surface area (Å²) in [4.78, 5) is 0. The van der Waals surface area contributed by atoms with Gasteiger partial charge in [0.15, 0.2) is 0 Å². The Labute approximate surface area is 127 Å². The predicted octanol–water partition coefficient (Wildman–Crippen LogP) is 4.56.